The maximum absolute atomic E-state index is 8.54. The summed E-state index contributed by atoms with van der Waals surface area (Å²) in [7, 11) is 0. The van der Waals surface area contributed by atoms with Gasteiger partial charge >= 0.3 is 76.6 Å². The normalized spacial score (nSPS) is 7.78. The van der Waals surface area contributed by atoms with Crippen molar-refractivity contribution in [3.05, 3.63) is 0 Å². The molecule has 0 fully saturated rings. The zero-order valence-corrected chi connectivity index (χ0v) is 7.69. The van der Waals surface area contributed by atoms with Crippen molar-refractivity contribution in [3.63, 3.8) is 0 Å². The molecule has 0 rings (SSSR count). The van der Waals surface area contributed by atoms with Crippen LogP contribution < -0.4 is 35.6 Å². The molecule has 0 aliphatic carbocycles. The zero-order valence-electron chi connectivity index (χ0n) is 7.27. The molecule has 0 saturated heterocycles. The van der Waals surface area contributed by atoms with Gasteiger partial charge in [-0.1, -0.05) is 0 Å². The summed E-state index contributed by atoms with van der Waals surface area (Å²) < 4.78 is 51.2. The van der Waals surface area contributed by atoms with Gasteiger partial charge in [-0.05, 0) is 0 Å². The molecule has 0 saturated carbocycles. The van der Waals surface area contributed by atoms with Gasteiger partial charge in [-0.25, -0.2) is 0 Å². The molecule has 9 heavy (non-hydrogen) atoms. The largest absolute Gasteiger partial charge is 1.00 e. The van der Waals surface area contributed by atoms with E-state index in [4.69, 9.17) is 24.4 Å². The summed E-state index contributed by atoms with van der Waals surface area (Å²) in [6, 6.07) is 0. The van der Waals surface area contributed by atoms with Gasteiger partial charge in [-0.2, -0.15) is 0 Å². The minimum atomic E-state index is -3.79. The van der Waals surface area contributed by atoms with Gasteiger partial charge < -0.3 is 0 Å². The predicted molar refractivity (Wildman–Crippen MR) is 16.2 cm³/mol. The molecule has 0 heterocycles. The van der Waals surface area contributed by atoms with Crippen molar-refractivity contribution in [2.45, 2.75) is 0 Å². The first-order valence-corrected chi connectivity index (χ1v) is 5.20. The molecule has 0 aromatic heterocycles. The minimum absolute atomic E-state index is 0. The third kappa shape index (κ3) is 392. The maximum Gasteiger partial charge on any atom is 1.00 e. The van der Waals surface area contributed by atoms with Crippen LogP contribution in [0.3, 0.4) is 0 Å². The van der Waals surface area contributed by atoms with Crippen molar-refractivity contribution in [2.24, 2.45) is 0 Å². The van der Waals surface area contributed by atoms with E-state index in [0.29, 0.717) is 0 Å². The molecule has 0 radical (unpaired) electrons. The molecule has 0 bridgehead atoms. The Bertz CT molecular complexity index is 78.8. The Hall–Kier alpha value is 1.08. The number of hydrogen-bond donors (Lipinski definition) is 0. The van der Waals surface area contributed by atoms with Crippen molar-refractivity contribution < 1.29 is 47.6 Å². The van der Waals surface area contributed by atoms with E-state index in [1.807, 2.05) is 0 Å². The topological polar surface area (TPSA) is 126 Å². The molecule has 0 aromatic rings. The molecule has 6 nitrogen and oxygen atoms in total. The van der Waals surface area contributed by atoms with Gasteiger partial charge in [0.2, 0.25) is 0 Å². The molecule has 52 valence electrons. The van der Waals surface area contributed by atoms with Crippen LogP contribution in [0.2, 0.25) is 0 Å². The minimum Gasteiger partial charge on any atom is 1.00 e. The average Bonchev–Trinajstić information content (AvgIpc) is 1.25. The fourth-order valence-corrected chi connectivity index (χ4v) is 0. The van der Waals surface area contributed by atoms with Crippen LogP contribution in [0.5, 0.6) is 0 Å². The Morgan fingerprint density at radius 2 is 0.889 bits per heavy atom. The number of rotatable bonds is 0. The van der Waals surface area contributed by atoms with Crippen LogP contribution in [0.4, 0.5) is 0 Å². The van der Waals surface area contributed by atoms with Gasteiger partial charge in [0.05, 0.1) is 0 Å². The van der Waals surface area contributed by atoms with E-state index in [9.17, 15) is 0 Å². The smallest absolute Gasteiger partial charge is 1.00 e. The summed E-state index contributed by atoms with van der Waals surface area (Å²) in [6.07, 6.45) is 0. The monoisotopic (exact) mass is 266 g/mol. The Labute approximate surface area is 76.6 Å². The molecular weight excluding hydrogens is 261 g/mol. The van der Waals surface area contributed by atoms with E-state index in [2.05, 4.69) is 0 Å². The molecule has 0 atom stereocenters. The molecule has 0 aliphatic rings. The van der Waals surface area contributed by atoms with Crippen molar-refractivity contribution in [1.82, 2.24) is 0 Å². The molecule has 0 amide bonds. The van der Waals surface area contributed by atoms with Crippen LogP contribution in [-0.4, -0.2) is 29.0 Å². The first-order chi connectivity index (χ1) is 3.46. The second-order valence-corrected chi connectivity index (χ2v) is 2.12. The molecular formula is H3LiO6Se2. The van der Waals surface area contributed by atoms with E-state index in [1.165, 1.54) is 0 Å². The molecule has 0 spiro atoms. The summed E-state index contributed by atoms with van der Waals surface area (Å²) in [6.45, 7) is 0. The second kappa shape index (κ2) is 11.8. The fraction of sp³-hybridized carbons (Fsp3) is 0. The first kappa shape index (κ1) is 16.6. The summed E-state index contributed by atoms with van der Waals surface area (Å²) in [5, 5.41) is 0. The van der Waals surface area contributed by atoms with Crippen molar-refractivity contribution in [1.29, 1.82) is 0 Å². The van der Waals surface area contributed by atoms with Crippen LogP contribution in [0.1, 0.15) is 4.28 Å². The van der Waals surface area contributed by atoms with Gasteiger partial charge in [0.15, 0.2) is 0 Å². The van der Waals surface area contributed by atoms with E-state index in [-0.39, 0.29) is 23.1 Å². The predicted octanol–water partition coefficient (Wildman–Crippen LogP) is -8.41. The van der Waals surface area contributed by atoms with Crippen LogP contribution >= 0.6 is 0 Å². The quantitative estimate of drug-likeness (QED) is 0.400. The molecule has 0 aliphatic heterocycles. The molecule has 0 N–H and O–H groups in total. The van der Waals surface area contributed by atoms with Crippen LogP contribution in [0.15, 0.2) is 0 Å². The summed E-state index contributed by atoms with van der Waals surface area (Å²) in [5.74, 6) is 0. The van der Waals surface area contributed by atoms with Crippen LogP contribution in [0, 0.1) is 0 Å². The van der Waals surface area contributed by atoms with E-state index >= 15 is 0 Å². The SMILES string of the molecule is O=[Se]([O-])[O-].O=[Se]([O-])[O-].[H+].[H+].[H+].[Li+]. The van der Waals surface area contributed by atoms with Crippen LogP contribution in [0.25, 0.3) is 0 Å². The third-order valence-corrected chi connectivity index (χ3v) is 0. The first-order valence-electron chi connectivity index (χ1n) is 1.00. The second-order valence-electron chi connectivity index (χ2n) is 0.408. The summed E-state index contributed by atoms with van der Waals surface area (Å²) in [5.41, 5.74) is 0. The van der Waals surface area contributed by atoms with Crippen molar-refractivity contribution >= 4 is 29.0 Å². The zero-order chi connectivity index (χ0) is 7.15. The van der Waals surface area contributed by atoms with Gasteiger partial charge in [0, 0.05) is 0 Å². The Kier molecular flexibility index (Phi) is 21.8. The Morgan fingerprint density at radius 1 is 0.889 bits per heavy atom. The molecule has 0 unspecified atom stereocenters. The number of hydrogen-bond acceptors (Lipinski definition) is 6. The van der Waals surface area contributed by atoms with Crippen molar-refractivity contribution in [2.75, 3.05) is 0 Å². The maximum atomic E-state index is 8.54. The standard InChI is InChI=1S/Li.2H2O3Se/c;2*1-4(2)3/h;2*(H2,1,2,3)/q+1;;/p-1. The molecule has 0 aromatic carbocycles. The van der Waals surface area contributed by atoms with Gasteiger partial charge in [-0.3, -0.25) is 0 Å². The summed E-state index contributed by atoms with van der Waals surface area (Å²) >= 11 is -7.58. The Morgan fingerprint density at radius 3 is 0.889 bits per heavy atom. The summed E-state index contributed by atoms with van der Waals surface area (Å²) in [4.78, 5) is 0. The van der Waals surface area contributed by atoms with Gasteiger partial charge in [0.1, 0.15) is 0 Å². The van der Waals surface area contributed by atoms with Crippen molar-refractivity contribution in [3.8, 4) is 0 Å². The van der Waals surface area contributed by atoms with Gasteiger partial charge in [-0.15, -0.1) is 0 Å². The molecule has 9 heteroatoms. The van der Waals surface area contributed by atoms with E-state index < -0.39 is 29.0 Å². The van der Waals surface area contributed by atoms with Crippen LogP contribution in [-0.2, 0) is 7.67 Å². The average molecular weight is 264 g/mol. The third-order valence-electron chi connectivity index (χ3n) is 0. The van der Waals surface area contributed by atoms with Gasteiger partial charge in [0.25, 0.3) is 0 Å². The fourth-order valence-electron chi connectivity index (χ4n) is 0. The van der Waals surface area contributed by atoms with E-state index in [1.54, 1.807) is 0 Å². The Balaban J connectivity index is -0.0000000112. The van der Waals surface area contributed by atoms with E-state index in [0.717, 1.165) is 0 Å².